The van der Waals surface area contributed by atoms with E-state index in [9.17, 15) is 4.79 Å². The summed E-state index contributed by atoms with van der Waals surface area (Å²) in [6.07, 6.45) is 0. The number of hydrogen-bond donors (Lipinski definition) is 0. The predicted octanol–water partition coefficient (Wildman–Crippen LogP) is 5.52. The lowest BCUT2D eigenvalue weighted by atomic mass is 10.0. The Bertz CT molecular complexity index is 981. The Balaban J connectivity index is 2.01. The second kappa shape index (κ2) is 9.06. The molecule has 1 amide bonds. The van der Waals surface area contributed by atoms with Crippen LogP contribution in [-0.4, -0.2) is 42.0 Å². The molecule has 0 atom stereocenters. The maximum atomic E-state index is 13.6. The highest BCUT2D eigenvalue weighted by Gasteiger charge is 2.23. The van der Waals surface area contributed by atoms with Crippen LogP contribution < -0.4 is 4.90 Å². The molecule has 4 nitrogen and oxygen atoms in total. The van der Waals surface area contributed by atoms with Gasteiger partial charge in [-0.15, -0.1) is 0 Å². The Labute approximate surface area is 178 Å². The number of rotatable bonds is 7. The summed E-state index contributed by atoms with van der Waals surface area (Å²) in [6.45, 7) is 16.0. The molecular formula is C24H31N3OS. The first-order valence-electron chi connectivity index (χ1n) is 10.3. The minimum absolute atomic E-state index is 0.0298. The van der Waals surface area contributed by atoms with Gasteiger partial charge in [0.25, 0.3) is 5.91 Å². The number of likely N-dealkylation sites (N-methyl/N-ethyl adjacent to an activating group) is 1. The molecule has 0 N–H and O–H groups in total. The van der Waals surface area contributed by atoms with Gasteiger partial charge in [-0.05, 0) is 75.7 Å². The Kier molecular flexibility index (Phi) is 6.70. The topological polar surface area (TPSA) is 36.4 Å². The summed E-state index contributed by atoms with van der Waals surface area (Å²) >= 11 is 1.60. The molecule has 3 rings (SSSR count). The van der Waals surface area contributed by atoms with Crippen LogP contribution in [-0.2, 0) is 0 Å². The van der Waals surface area contributed by atoms with E-state index in [4.69, 9.17) is 4.98 Å². The van der Waals surface area contributed by atoms with Crippen LogP contribution in [0.2, 0.25) is 0 Å². The van der Waals surface area contributed by atoms with E-state index >= 15 is 0 Å². The van der Waals surface area contributed by atoms with E-state index in [1.807, 2.05) is 24.0 Å². The average molecular weight is 410 g/mol. The van der Waals surface area contributed by atoms with Crippen molar-refractivity contribution >= 4 is 32.6 Å². The number of nitrogens with zero attached hydrogens (tertiary/aromatic N) is 3. The lowest BCUT2D eigenvalue weighted by molar-refractivity contribution is 0.0983. The number of carbonyl (C=O) groups excluding carboxylic acids is 1. The first-order valence-corrected chi connectivity index (χ1v) is 11.1. The number of aromatic nitrogens is 1. The van der Waals surface area contributed by atoms with Crippen LogP contribution in [0.3, 0.4) is 0 Å². The second-order valence-corrected chi connectivity index (χ2v) is 8.71. The maximum absolute atomic E-state index is 13.6. The van der Waals surface area contributed by atoms with E-state index in [1.54, 1.807) is 11.3 Å². The van der Waals surface area contributed by atoms with Crippen molar-refractivity contribution in [3.8, 4) is 0 Å². The molecule has 0 spiro atoms. The smallest absolute Gasteiger partial charge is 0.260 e. The van der Waals surface area contributed by atoms with Gasteiger partial charge in [0, 0.05) is 18.7 Å². The highest BCUT2D eigenvalue weighted by Crippen LogP contribution is 2.32. The minimum Gasteiger partial charge on any atom is -0.302 e. The highest BCUT2D eigenvalue weighted by atomic mass is 32.1. The Morgan fingerprint density at radius 2 is 1.62 bits per heavy atom. The van der Waals surface area contributed by atoms with Gasteiger partial charge in [-0.2, -0.15) is 0 Å². The third-order valence-electron chi connectivity index (χ3n) is 5.62. The number of carbonyl (C=O) groups is 1. The van der Waals surface area contributed by atoms with Gasteiger partial charge in [0.2, 0.25) is 0 Å². The van der Waals surface area contributed by atoms with Crippen LogP contribution in [0.5, 0.6) is 0 Å². The first kappa shape index (κ1) is 21.5. The zero-order valence-corrected chi connectivity index (χ0v) is 19.2. The highest BCUT2D eigenvalue weighted by molar-refractivity contribution is 7.22. The molecule has 2 aromatic carbocycles. The monoisotopic (exact) mass is 409 g/mol. The number of anilines is 1. The molecular weight excluding hydrogens is 378 g/mol. The fourth-order valence-corrected chi connectivity index (χ4v) is 4.62. The number of aryl methyl sites for hydroxylation is 4. The summed E-state index contributed by atoms with van der Waals surface area (Å²) in [5.74, 6) is 0.0298. The third-order valence-corrected chi connectivity index (χ3v) is 6.66. The number of benzene rings is 2. The van der Waals surface area contributed by atoms with Crippen molar-refractivity contribution in [2.45, 2.75) is 41.5 Å². The van der Waals surface area contributed by atoms with Crippen molar-refractivity contribution in [2.24, 2.45) is 0 Å². The fraction of sp³-hybridized carbons (Fsp3) is 0.417. The Morgan fingerprint density at radius 1 is 0.931 bits per heavy atom. The summed E-state index contributed by atoms with van der Waals surface area (Å²) in [6, 6.07) is 10.3. The molecule has 0 radical (unpaired) electrons. The summed E-state index contributed by atoms with van der Waals surface area (Å²) in [7, 11) is 0. The van der Waals surface area contributed by atoms with E-state index < -0.39 is 0 Å². The van der Waals surface area contributed by atoms with Gasteiger partial charge in [-0.25, -0.2) is 4.98 Å². The van der Waals surface area contributed by atoms with Crippen LogP contribution in [0, 0.1) is 27.7 Å². The lowest BCUT2D eigenvalue weighted by Gasteiger charge is -2.25. The molecule has 3 aromatic rings. The van der Waals surface area contributed by atoms with Gasteiger partial charge in [-0.3, -0.25) is 9.69 Å². The lowest BCUT2D eigenvalue weighted by Crippen LogP contribution is -2.39. The first-order chi connectivity index (χ1) is 13.8. The Hall–Kier alpha value is -2.24. The summed E-state index contributed by atoms with van der Waals surface area (Å²) in [5.41, 5.74) is 6.37. The molecule has 0 saturated carbocycles. The molecule has 29 heavy (non-hydrogen) atoms. The molecule has 0 unspecified atom stereocenters. The maximum Gasteiger partial charge on any atom is 0.260 e. The van der Waals surface area contributed by atoms with Gasteiger partial charge in [0.15, 0.2) is 5.13 Å². The standard InChI is InChI=1S/C24H31N3OS/c1-7-26(8-2)11-12-27(23(28)20-10-9-16(3)13-19(20)6)24-25-21-14-17(4)18(5)15-22(21)29-24/h9-10,13-15H,7-8,11-12H2,1-6H3. The van der Waals surface area contributed by atoms with Crippen molar-refractivity contribution in [1.29, 1.82) is 0 Å². The third kappa shape index (κ3) is 4.68. The number of hydrogen-bond acceptors (Lipinski definition) is 4. The molecule has 0 bridgehead atoms. The van der Waals surface area contributed by atoms with Gasteiger partial charge in [-0.1, -0.05) is 42.9 Å². The Morgan fingerprint density at radius 3 is 2.28 bits per heavy atom. The number of fused-ring (bicyclic) bond motifs is 1. The number of thiazole rings is 1. The molecule has 1 aromatic heterocycles. The van der Waals surface area contributed by atoms with E-state index in [2.05, 4.69) is 57.7 Å². The van der Waals surface area contributed by atoms with Crippen LogP contribution in [0.4, 0.5) is 5.13 Å². The summed E-state index contributed by atoms with van der Waals surface area (Å²) in [5, 5.41) is 0.780. The van der Waals surface area contributed by atoms with Gasteiger partial charge < -0.3 is 4.90 Å². The molecule has 0 aliphatic heterocycles. The predicted molar refractivity (Wildman–Crippen MR) is 124 cm³/mol. The number of amides is 1. The van der Waals surface area contributed by atoms with Gasteiger partial charge in [0.05, 0.1) is 10.2 Å². The summed E-state index contributed by atoms with van der Waals surface area (Å²) in [4.78, 5) is 22.6. The molecule has 154 valence electrons. The molecule has 0 aliphatic carbocycles. The van der Waals surface area contributed by atoms with E-state index in [1.165, 1.54) is 16.7 Å². The largest absolute Gasteiger partial charge is 0.302 e. The molecule has 0 saturated heterocycles. The van der Waals surface area contributed by atoms with Crippen LogP contribution in [0.25, 0.3) is 10.2 Å². The van der Waals surface area contributed by atoms with Crippen LogP contribution in [0.15, 0.2) is 30.3 Å². The van der Waals surface area contributed by atoms with Gasteiger partial charge in [0.1, 0.15) is 0 Å². The van der Waals surface area contributed by atoms with Crippen LogP contribution >= 0.6 is 11.3 Å². The van der Waals surface area contributed by atoms with Crippen molar-refractivity contribution < 1.29 is 4.79 Å². The molecule has 1 heterocycles. The fourth-order valence-electron chi connectivity index (χ4n) is 3.55. The molecule has 0 fully saturated rings. The van der Waals surface area contributed by atoms with E-state index in [-0.39, 0.29) is 5.91 Å². The van der Waals surface area contributed by atoms with Crippen molar-refractivity contribution in [1.82, 2.24) is 9.88 Å². The van der Waals surface area contributed by atoms with Gasteiger partial charge >= 0.3 is 0 Å². The minimum atomic E-state index is 0.0298. The second-order valence-electron chi connectivity index (χ2n) is 7.70. The zero-order valence-electron chi connectivity index (χ0n) is 18.4. The van der Waals surface area contributed by atoms with Crippen LogP contribution in [0.1, 0.15) is 46.5 Å². The molecule has 0 aliphatic rings. The van der Waals surface area contributed by atoms with Crippen molar-refractivity contribution in [2.75, 3.05) is 31.1 Å². The zero-order chi connectivity index (χ0) is 21.1. The van der Waals surface area contributed by atoms with E-state index in [0.29, 0.717) is 6.54 Å². The summed E-state index contributed by atoms with van der Waals surface area (Å²) < 4.78 is 1.13. The average Bonchev–Trinajstić information content (AvgIpc) is 3.07. The normalized spacial score (nSPS) is 11.4. The molecule has 5 heteroatoms. The van der Waals surface area contributed by atoms with E-state index in [0.717, 1.165) is 46.1 Å². The van der Waals surface area contributed by atoms with Crippen molar-refractivity contribution in [3.63, 3.8) is 0 Å². The van der Waals surface area contributed by atoms with Crippen molar-refractivity contribution in [3.05, 3.63) is 58.1 Å². The quantitative estimate of drug-likeness (QED) is 0.516. The SMILES string of the molecule is CCN(CC)CCN(C(=O)c1ccc(C)cc1C)c1nc2cc(C)c(C)cc2s1.